The molecule has 2 aromatic rings. The van der Waals surface area contributed by atoms with E-state index >= 15 is 0 Å². The van der Waals surface area contributed by atoms with Crippen molar-refractivity contribution < 1.29 is 9.53 Å². The van der Waals surface area contributed by atoms with E-state index in [1.807, 2.05) is 32.9 Å². The van der Waals surface area contributed by atoms with Crippen LogP contribution >= 0.6 is 0 Å². The first-order valence-corrected chi connectivity index (χ1v) is 9.35. The van der Waals surface area contributed by atoms with Gasteiger partial charge in [0.15, 0.2) is 0 Å². The van der Waals surface area contributed by atoms with Gasteiger partial charge in [0, 0.05) is 10.7 Å². The van der Waals surface area contributed by atoms with Crippen LogP contribution in [0, 0.1) is 6.92 Å². The fourth-order valence-electron chi connectivity index (χ4n) is 2.21. The number of carbonyl (C=O) groups is 1. The Morgan fingerprint density at radius 3 is 2.40 bits per heavy atom. The molecule has 0 aliphatic carbocycles. The van der Waals surface area contributed by atoms with Crippen LogP contribution in [0.3, 0.4) is 0 Å². The van der Waals surface area contributed by atoms with Crippen LogP contribution in [0.25, 0.3) is 10.9 Å². The van der Waals surface area contributed by atoms with Crippen molar-refractivity contribution in [2.24, 2.45) is 0 Å². The molecule has 0 aliphatic rings. The van der Waals surface area contributed by atoms with Gasteiger partial charge in [0.25, 0.3) is 0 Å². The molecule has 107 valence electrons. The van der Waals surface area contributed by atoms with Crippen LogP contribution in [0.4, 0.5) is 4.79 Å². The molecule has 20 heavy (non-hydrogen) atoms. The van der Waals surface area contributed by atoms with Crippen LogP contribution in [0.5, 0.6) is 0 Å². The van der Waals surface area contributed by atoms with E-state index in [2.05, 4.69) is 32.2 Å². The van der Waals surface area contributed by atoms with Gasteiger partial charge in [0.1, 0.15) is 14.4 Å². The van der Waals surface area contributed by atoms with Crippen LogP contribution in [0.2, 0.25) is 13.1 Å². The molecule has 0 N–H and O–H groups in total. The Balaban J connectivity index is 2.60. The first-order valence-electron chi connectivity index (χ1n) is 6.85. The molecule has 0 atom stereocenters. The number of hydrogen-bond acceptors (Lipinski definition) is 2. The summed E-state index contributed by atoms with van der Waals surface area (Å²) in [6.07, 6.45) is -0.280. The van der Waals surface area contributed by atoms with Crippen molar-refractivity contribution in [2.75, 3.05) is 0 Å². The fraction of sp³-hybridized carbons (Fsp3) is 0.438. The number of aryl methyl sites for hydroxylation is 1. The molecule has 0 saturated heterocycles. The second-order valence-electron chi connectivity index (χ2n) is 6.41. The largest absolute Gasteiger partial charge is 0.443 e. The van der Waals surface area contributed by atoms with Crippen molar-refractivity contribution in [3.05, 3.63) is 29.8 Å². The van der Waals surface area contributed by atoms with Crippen LogP contribution in [-0.4, -0.2) is 25.1 Å². The predicted octanol–water partition coefficient (Wildman–Crippen LogP) is 3.69. The molecule has 0 fully saturated rings. The van der Waals surface area contributed by atoms with Gasteiger partial charge >= 0.3 is 6.09 Å². The first-order chi connectivity index (χ1) is 9.19. The fourth-order valence-corrected chi connectivity index (χ4v) is 3.31. The van der Waals surface area contributed by atoms with E-state index in [0.717, 1.165) is 16.2 Å². The molecule has 0 aliphatic heterocycles. The SMILES string of the molecule is Cc1ccc2c(c1)cc([Si](C)C)n2C(=O)OC(C)(C)C. The Kier molecular flexibility index (Phi) is 3.78. The number of carbonyl (C=O) groups excluding carboxylic acids is 1. The first kappa shape index (κ1) is 14.8. The Morgan fingerprint density at radius 2 is 1.85 bits per heavy atom. The molecule has 0 unspecified atom stereocenters. The maximum absolute atomic E-state index is 12.5. The molecule has 3 nitrogen and oxygen atoms in total. The van der Waals surface area contributed by atoms with Gasteiger partial charge in [-0.2, -0.15) is 0 Å². The third-order valence-electron chi connectivity index (χ3n) is 3.05. The lowest BCUT2D eigenvalue weighted by atomic mass is 10.2. The minimum absolute atomic E-state index is 0.280. The highest BCUT2D eigenvalue weighted by molar-refractivity contribution is 6.70. The van der Waals surface area contributed by atoms with E-state index in [4.69, 9.17) is 4.74 Å². The lowest BCUT2D eigenvalue weighted by Gasteiger charge is -2.21. The van der Waals surface area contributed by atoms with Crippen molar-refractivity contribution in [3.63, 3.8) is 0 Å². The molecule has 1 aromatic carbocycles. The average Bonchev–Trinajstić information content (AvgIpc) is 2.64. The highest BCUT2D eigenvalue weighted by Gasteiger charge is 2.23. The van der Waals surface area contributed by atoms with Gasteiger partial charge in [-0.25, -0.2) is 4.79 Å². The summed E-state index contributed by atoms with van der Waals surface area (Å²) in [5.74, 6) is 0. The maximum Gasteiger partial charge on any atom is 0.418 e. The van der Waals surface area contributed by atoms with Gasteiger partial charge in [0.2, 0.25) is 0 Å². The second kappa shape index (κ2) is 5.09. The normalized spacial score (nSPS) is 12.2. The van der Waals surface area contributed by atoms with Crippen molar-refractivity contribution in [3.8, 4) is 0 Å². The van der Waals surface area contributed by atoms with Gasteiger partial charge in [0.05, 0.1) is 5.52 Å². The average molecular weight is 288 g/mol. The van der Waals surface area contributed by atoms with Crippen LogP contribution in [0.1, 0.15) is 26.3 Å². The van der Waals surface area contributed by atoms with E-state index in [1.165, 1.54) is 5.56 Å². The topological polar surface area (TPSA) is 31.2 Å². The lowest BCUT2D eigenvalue weighted by Crippen LogP contribution is -2.37. The Morgan fingerprint density at radius 1 is 1.20 bits per heavy atom. The minimum Gasteiger partial charge on any atom is -0.443 e. The van der Waals surface area contributed by atoms with E-state index in [1.54, 1.807) is 4.57 Å². The minimum atomic E-state index is -0.753. The summed E-state index contributed by atoms with van der Waals surface area (Å²) in [6.45, 7) is 12.1. The Labute approximate surface area is 122 Å². The van der Waals surface area contributed by atoms with Crippen LogP contribution < -0.4 is 5.32 Å². The summed E-state index contributed by atoms with van der Waals surface area (Å²) in [5, 5.41) is 2.20. The van der Waals surface area contributed by atoms with Gasteiger partial charge in [-0.1, -0.05) is 24.7 Å². The van der Waals surface area contributed by atoms with Crippen LogP contribution in [-0.2, 0) is 4.74 Å². The monoisotopic (exact) mass is 288 g/mol. The summed E-state index contributed by atoms with van der Waals surface area (Å²) < 4.78 is 7.30. The molecule has 0 amide bonds. The smallest absolute Gasteiger partial charge is 0.418 e. The number of aromatic nitrogens is 1. The van der Waals surface area contributed by atoms with E-state index in [-0.39, 0.29) is 6.09 Å². The molecular weight excluding hydrogens is 266 g/mol. The zero-order valence-corrected chi connectivity index (χ0v) is 14.1. The number of hydrogen-bond donors (Lipinski definition) is 0. The number of ether oxygens (including phenoxy) is 1. The number of nitrogens with zero attached hydrogens (tertiary/aromatic N) is 1. The van der Waals surface area contributed by atoms with E-state index in [0.29, 0.717) is 0 Å². The summed E-state index contributed by atoms with van der Waals surface area (Å²) in [7, 11) is -0.753. The molecule has 0 saturated carbocycles. The summed E-state index contributed by atoms with van der Waals surface area (Å²) in [6, 6.07) is 8.28. The second-order valence-corrected chi connectivity index (χ2v) is 8.92. The molecule has 2 rings (SSSR count). The highest BCUT2D eigenvalue weighted by Crippen LogP contribution is 2.19. The number of benzene rings is 1. The van der Waals surface area contributed by atoms with Gasteiger partial charge in [-0.15, -0.1) is 0 Å². The van der Waals surface area contributed by atoms with Gasteiger partial charge in [-0.05, 0) is 45.9 Å². The molecule has 0 spiro atoms. The predicted molar refractivity (Wildman–Crippen MR) is 85.4 cm³/mol. The zero-order chi connectivity index (χ0) is 15.1. The molecule has 1 aromatic heterocycles. The van der Waals surface area contributed by atoms with Crippen molar-refractivity contribution in [2.45, 2.75) is 46.4 Å². The van der Waals surface area contributed by atoms with Crippen LogP contribution in [0.15, 0.2) is 24.3 Å². The third-order valence-corrected chi connectivity index (χ3v) is 4.44. The molecule has 0 bridgehead atoms. The quantitative estimate of drug-likeness (QED) is 0.749. The van der Waals surface area contributed by atoms with Gasteiger partial charge in [-0.3, -0.25) is 4.57 Å². The van der Waals surface area contributed by atoms with Gasteiger partial charge < -0.3 is 4.74 Å². The molecule has 1 radical (unpaired) electrons. The summed E-state index contributed by atoms with van der Waals surface area (Å²) in [4.78, 5) is 12.5. The Hall–Kier alpha value is -1.55. The number of fused-ring (bicyclic) bond motifs is 1. The summed E-state index contributed by atoms with van der Waals surface area (Å²) >= 11 is 0. The third kappa shape index (κ3) is 2.95. The van der Waals surface area contributed by atoms with Crippen molar-refractivity contribution >= 4 is 31.1 Å². The molecule has 4 heteroatoms. The summed E-state index contributed by atoms with van der Waals surface area (Å²) in [5.41, 5.74) is 1.65. The number of rotatable bonds is 1. The lowest BCUT2D eigenvalue weighted by molar-refractivity contribution is 0.0549. The standard InChI is InChI=1S/C16H22NO2Si/c1-11-7-8-13-12(9-11)10-14(20(5)6)17(13)15(18)19-16(2,3)4/h7-10H,1-6H3. The van der Waals surface area contributed by atoms with Crippen molar-refractivity contribution in [1.29, 1.82) is 0 Å². The van der Waals surface area contributed by atoms with E-state index in [9.17, 15) is 4.79 Å². The van der Waals surface area contributed by atoms with Crippen molar-refractivity contribution in [1.82, 2.24) is 4.57 Å². The zero-order valence-electron chi connectivity index (χ0n) is 13.1. The highest BCUT2D eigenvalue weighted by atomic mass is 28.3. The Bertz CT molecular complexity index is 650. The maximum atomic E-state index is 12.5. The van der Waals surface area contributed by atoms with E-state index < -0.39 is 14.4 Å². The molecule has 1 heterocycles. The molecular formula is C16H22NO2Si.